The van der Waals surface area contributed by atoms with Gasteiger partial charge in [0.25, 0.3) is 5.91 Å². The molecule has 27 heavy (non-hydrogen) atoms. The van der Waals surface area contributed by atoms with Gasteiger partial charge < -0.3 is 5.11 Å². The lowest BCUT2D eigenvalue weighted by atomic mass is 10.1. The van der Waals surface area contributed by atoms with E-state index in [4.69, 9.17) is 4.84 Å². The molecule has 4 rings (SSSR count). The molecule has 1 aliphatic rings. The van der Waals surface area contributed by atoms with Gasteiger partial charge in [0.1, 0.15) is 6.61 Å². The minimum atomic E-state index is -1.75. The lowest BCUT2D eigenvalue weighted by molar-refractivity contribution is -0.262. The first kappa shape index (κ1) is 18.1. The zero-order valence-electron chi connectivity index (χ0n) is 14.1. The van der Waals surface area contributed by atoms with Crippen LogP contribution in [0.4, 0.5) is 0 Å². The quantitative estimate of drug-likeness (QED) is 0.645. The number of thiazole rings is 1. The summed E-state index contributed by atoms with van der Waals surface area (Å²) in [5.74, 6) is -0.415. The number of halogens is 1. The lowest BCUT2D eigenvalue weighted by Gasteiger charge is -2.29. The van der Waals surface area contributed by atoms with Crippen molar-refractivity contribution in [3.63, 3.8) is 0 Å². The van der Waals surface area contributed by atoms with Gasteiger partial charge >= 0.3 is 0 Å². The van der Waals surface area contributed by atoms with E-state index in [0.29, 0.717) is 16.1 Å². The summed E-state index contributed by atoms with van der Waals surface area (Å²) in [4.78, 5) is 23.0. The Bertz CT molecular complexity index is 991. The molecule has 3 aromatic rings. The van der Waals surface area contributed by atoms with Crippen LogP contribution in [0, 0.1) is 0 Å². The van der Waals surface area contributed by atoms with Crippen molar-refractivity contribution in [1.82, 2.24) is 10.0 Å². The molecule has 5 nitrogen and oxygen atoms in total. The van der Waals surface area contributed by atoms with Crippen LogP contribution in [-0.2, 0) is 22.0 Å². The molecule has 0 saturated carbocycles. The predicted molar refractivity (Wildman–Crippen MR) is 106 cm³/mol. The molecule has 1 aromatic heterocycles. The van der Waals surface area contributed by atoms with E-state index < -0.39 is 11.6 Å². The molecular weight excluding hydrogens is 428 g/mol. The van der Waals surface area contributed by atoms with E-state index in [1.807, 2.05) is 54.6 Å². The van der Waals surface area contributed by atoms with Crippen molar-refractivity contribution in [3.8, 4) is 0 Å². The van der Waals surface area contributed by atoms with Crippen molar-refractivity contribution in [2.45, 2.75) is 12.3 Å². The first-order chi connectivity index (χ1) is 13.1. The Kier molecular flexibility index (Phi) is 4.92. The Morgan fingerprint density at radius 2 is 2.00 bits per heavy atom. The molecule has 1 atom stereocenters. The summed E-state index contributed by atoms with van der Waals surface area (Å²) in [6, 6.07) is 16.8. The number of carbonyl (C=O) groups is 1. The molecule has 0 bridgehead atoms. The monoisotopic (exact) mass is 442 g/mol. The zero-order chi connectivity index (χ0) is 18.9. The molecular formula is C20H15BrN2O3S. The molecule has 0 spiro atoms. The average Bonchev–Trinajstić information content (AvgIpc) is 3.30. The largest absolute Gasteiger partial charge is 0.360 e. The highest BCUT2D eigenvalue weighted by atomic mass is 79.9. The number of amides is 1. The number of hydroxylamine groups is 2. The first-order valence-electron chi connectivity index (χ1n) is 8.20. The van der Waals surface area contributed by atoms with Crippen LogP contribution in [0.25, 0.3) is 5.57 Å². The summed E-state index contributed by atoms with van der Waals surface area (Å²) < 4.78 is 0.843. The van der Waals surface area contributed by atoms with Gasteiger partial charge in [0.05, 0.1) is 5.57 Å². The fourth-order valence-electron chi connectivity index (χ4n) is 2.87. The normalized spacial score (nSPS) is 19.4. The minimum Gasteiger partial charge on any atom is -0.360 e. The van der Waals surface area contributed by atoms with E-state index in [-0.39, 0.29) is 6.61 Å². The number of nitrogens with zero attached hydrogens (tertiary/aromatic N) is 2. The number of benzene rings is 2. The van der Waals surface area contributed by atoms with Crippen molar-refractivity contribution in [3.05, 3.63) is 92.9 Å². The maximum Gasteiger partial charge on any atom is 0.281 e. The maximum absolute atomic E-state index is 13.1. The second-order valence-corrected chi connectivity index (χ2v) is 7.80. The Hall–Kier alpha value is -2.32. The van der Waals surface area contributed by atoms with Crippen LogP contribution in [0.5, 0.6) is 0 Å². The zero-order valence-corrected chi connectivity index (χ0v) is 16.5. The molecule has 136 valence electrons. The summed E-state index contributed by atoms with van der Waals surface area (Å²) >= 11 is 4.67. The molecule has 0 saturated heterocycles. The average molecular weight is 443 g/mol. The van der Waals surface area contributed by atoms with Crippen molar-refractivity contribution in [2.75, 3.05) is 0 Å². The molecule has 0 fully saturated rings. The summed E-state index contributed by atoms with van der Waals surface area (Å²) in [5, 5.41) is 14.4. The number of hydrogen-bond donors (Lipinski definition) is 1. The topological polar surface area (TPSA) is 62.7 Å². The van der Waals surface area contributed by atoms with Crippen LogP contribution in [0.1, 0.15) is 16.1 Å². The van der Waals surface area contributed by atoms with Crippen LogP contribution in [0.15, 0.2) is 76.7 Å². The number of carbonyl (C=O) groups excluding carboxylic acids is 1. The molecule has 2 heterocycles. The van der Waals surface area contributed by atoms with E-state index in [2.05, 4.69) is 20.9 Å². The third-order valence-electron chi connectivity index (χ3n) is 4.16. The molecule has 2 aromatic carbocycles. The number of hydrogen-bond acceptors (Lipinski definition) is 5. The van der Waals surface area contributed by atoms with Crippen molar-refractivity contribution < 1.29 is 14.7 Å². The standard InChI is InChI=1S/C20H15BrN2O3S/c21-16-8-4-7-15(11-16)17-12-20(25,19-22-9-10-27-19)23(18(17)24)26-13-14-5-2-1-3-6-14/h1-12,25H,13H2. The highest BCUT2D eigenvalue weighted by Gasteiger charge is 2.49. The van der Waals surface area contributed by atoms with Gasteiger partial charge in [-0.2, -0.15) is 5.06 Å². The van der Waals surface area contributed by atoms with Gasteiger partial charge in [0.2, 0.25) is 5.72 Å². The van der Waals surface area contributed by atoms with Gasteiger partial charge in [-0.3, -0.25) is 9.63 Å². The number of aromatic nitrogens is 1. The maximum atomic E-state index is 13.1. The smallest absolute Gasteiger partial charge is 0.281 e. The molecule has 0 radical (unpaired) electrons. The summed E-state index contributed by atoms with van der Waals surface area (Å²) in [6.07, 6.45) is 3.09. The highest BCUT2D eigenvalue weighted by Crippen LogP contribution is 2.40. The third-order valence-corrected chi connectivity index (χ3v) is 5.54. The first-order valence-corrected chi connectivity index (χ1v) is 9.88. The van der Waals surface area contributed by atoms with Crippen molar-refractivity contribution in [2.24, 2.45) is 0 Å². The molecule has 0 aliphatic carbocycles. The van der Waals surface area contributed by atoms with Crippen LogP contribution >= 0.6 is 27.3 Å². The van der Waals surface area contributed by atoms with Crippen LogP contribution < -0.4 is 0 Å². The van der Waals surface area contributed by atoms with Crippen LogP contribution in [-0.4, -0.2) is 21.1 Å². The molecule has 7 heteroatoms. The Morgan fingerprint density at radius 1 is 1.19 bits per heavy atom. The van der Waals surface area contributed by atoms with Gasteiger partial charge in [0.15, 0.2) is 5.01 Å². The fourth-order valence-corrected chi connectivity index (χ4v) is 3.96. The van der Waals surface area contributed by atoms with Crippen molar-refractivity contribution in [1.29, 1.82) is 0 Å². The van der Waals surface area contributed by atoms with E-state index >= 15 is 0 Å². The summed E-state index contributed by atoms with van der Waals surface area (Å²) in [6.45, 7) is 0.153. The van der Waals surface area contributed by atoms with E-state index in [9.17, 15) is 9.90 Å². The predicted octanol–water partition coefficient (Wildman–Crippen LogP) is 4.11. The Labute approximate surface area is 168 Å². The van der Waals surface area contributed by atoms with E-state index in [1.165, 1.54) is 17.4 Å². The van der Waals surface area contributed by atoms with Gasteiger partial charge in [-0.15, -0.1) is 11.3 Å². The number of aliphatic hydroxyl groups is 1. The Morgan fingerprint density at radius 3 is 2.70 bits per heavy atom. The lowest BCUT2D eigenvalue weighted by Crippen LogP contribution is -2.43. The molecule has 1 amide bonds. The second-order valence-electron chi connectivity index (χ2n) is 5.99. The third kappa shape index (κ3) is 3.46. The highest BCUT2D eigenvalue weighted by molar-refractivity contribution is 9.10. The van der Waals surface area contributed by atoms with Crippen molar-refractivity contribution >= 4 is 38.7 Å². The van der Waals surface area contributed by atoms with E-state index in [0.717, 1.165) is 15.1 Å². The second kappa shape index (κ2) is 7.36. The van der Waals surface area contributed by atoms with Crippen LogP contribution in [0.2, 0.25) is 0 Å². The number of rotatable bonds is 5. The summed E-state index contributed by atoms with van der Waals surface area (Å²) in [7, 11) is 0. The minimum absolute atomic E-state index is 0.153. The van der Waals surface area contributed by atoms with Crippen LogP contribution in [0.3, 0.4) is 0 Å². The SMILES string of the molecule is O=C1C(c2cccc(Br)c2)=CC(O)(c2nccs2)N1OCc1ccccc1. The Balaban J connectivity index is 1.70. The van der Waals surface area contributed by atoms with Gasteiger partial charge in [-0.1, -0.05) is 58.4 Å². The summed E-state index contributed by atoms with van der Waals surface area (Å²) in [5.41, 5.74) is 0.192. The fraction of sp³-hybridized carbons (Fsp3) is 0.100. The van der Waals surface area contributed by atoms with Gasteiger partial charge in [-0.05, 0) is 29.3 Å². The molecule has 1 N–H and O–H groups in total. The van der Waals surface area contributed by atoms with Gasteiger partial charge in [-0.25, -0.2) is 4.98 Å². The van der Waals surface area contributed by atoms with Gasteiger partial charge in [0, 0.05) is 16.0 Å². The van der Waals surface area contributed by atoms with E-state index in [1.54, 1.807) is 11.6 Å². The molecule has 1 aliphatic heterocycles. The molecule has 1 unspecified atom stereocenters.